The van der Waals surface area contributed by atoms with Crippen LogP contribution >= 0.6 is 0 Å². The van der Waals surface area contributed by atoms with Gasteiger partial charge in [0, 0.05) is 5.56 Å². The van der Waals surface area contributed by atoms with E-state index in [2.05, 4.69) is 15.6 Å². The molecule has 3 rings (SSSR count). The number of hydrogen-bond acceptors (Lipinski definition) is 6. The topological polar surface area (TPSA) is 82.2 Å². The molecule has 1 aliphatic heterocycles. The Morgan fingerprint density at radius 3 is 3.20 bits per heavy atom. The molecule has 1 saturated heterocycles. The van der Waals surface area contributed by atoms with Crippen LogP contribution in [0.25, 0.3) is 0 Å². The number of carbonyl (C=O) groups excluding carboxylic acids is 1. The minimum absolute atomic E-state index is 0.0889. The molecular weight excluding hydrogens is 260 g/mol. The van der Waals surface area contributed by atoms with E-state index in [1.165, 1.54) is 7.11 Å². The van der Waals surface area contributed by atoms with Gasteiger partial charge in [-0.15, -0.1) is 5.10 Å². The zero-order valence-electron chi connectivity index (χ0n) is 11.2. The van der Waals surface area contributed by atoms with Gasteiger partial charge in [0.05, 0.1) is 37.9 Å². The van der Waals surface area contributed by atoms with Crippen LogP contribution in [0.1, 0.15) is 40.6 Å². The maximum absolute atomic E-state index is 11.8. The molecule has 3 heterocycles. The van der Waals surface area contributed by atoms with Gasteiger partial charge in [0.25, 0.3) is 0 Å². The highest BCUT2D eigenvalue weighted by Crippen LogP contribution is 2.26. The summed E-state index contributed by atoms with van der Waals surface area (Å²) in [7, 11) is 1.35. The Morgan fingerprint density at radius 2 is 2.55 bits per heavy atom. The van der Waals surface area contributed by atoms with Crippen molar-refractivity contribution < 1.29 is 13.9 Å². The summed E-state index contributed by atoms with van der Waals surface area (Å²) in [4.78, 5) is 11.8. The van der Waals surface area contributed by atoms with Gasteiger partial charge in [0.15, 0.2) is 5.69 Å². The molecule has 0 saturated carbocycles. The summed E-state index contributed by atoms with van der Waals surface area (Å²) >= 11 is 0. The lowest BCUT2D eigenvalue weighted by Crippen LogP contribution is -2.21. The van der Waals surface area contributed by atoms with Crippen molar-refractivity contribution in [2.45, 2.75) is 25.4 Å². The van der Waals surface area contributed by atoms with Crippen molar-refractivity contribution in [3.63, 3.8) is 0 Å². The Morgan fingerprint density at radius 1 is 1.65 bits per heavy atom. The van der Waals surface area contributed by atoms with Crippen molar-refractivity contribution in [1.29, 1.82) is 0 Å². The van der Waals surface area contributed by atoms with Gasteiger partial charge in [0.2, 0.25) is 0 Å². The molecule has 20 heavy (non-hydrogen) atoms. The summed E-state index contributed by atoms with van der Waals surface area (Å²) in [6.45, 7) is 1.45. The molecule has 7 heteroatoms. The molecule has 2 aromatic heterocycles. The number of methoxy groups -OCH3 is 1. The average molecular weight is 276 g/mol. The summed E-state index contributed by atoms with van der Waals surface area (Å²) in [5.41, 5.74) is 2.05. The molecule has 0 aliphatic carbocycles. The van der Waals surface area contributed by atoms with Crippen molar-refractivity contribution in [2.24, 2.45) is 0 Å². The van der Waals surface area contributed by atoms with Crippen LogP contribution in [0.5, 0.6) is 0 Å². The molecule has 0 radical (unpaired) electrons. The standard InChI is InChI=1S/C13H16N4O3/c1-19-13(18)11-12(10-3-2-5-14-10)17(16-15-11)7-9-4-6-20-8-9/h4,6,8,10,14H,2-3,5,7H2,1H3. The predicted molar refractivity (Wildman–Crippen MR) is 69.1 cm³/mol. The highest BCUT2D eigenvalue weighted by molar-refractivity contribution is 5.88. The van der Waals surface area contributed by atoms with E-state index >= 15 is 0 Å². The second kappa shape index (κ2) is 5.46. The van der Waals surface area contributed by atoms with Gasteiger partial charge < -0.3 is 14.5 Å². The maximum Gasteiger partial charge on any atom is 0.360 e. The van der Waals surface area contributed by atoms with Gasteiger partial charge in [-0.25, -0.2) is 9.48 Å². The smallest absolute Gasteiger partial charge is 0.360 e. The molecular formula is C13H16N4O3. The van der Waals surface area contributed by atoms with Gasteiger partial charge in [-0.2, -0.15) is 0 Å². The third-order valence-corrected chi connectivity index (χ3v) is 3.45. The lowest BCUT2D eigenvalue weighted by molar-refractivity contribution is 0.0591. The predicted octanol–water partition coefficient (Wildman–Crippen LogP) is 1.13. The van der Waals surface area contributed by atoms with Crippen molar-refractivity contribution in [1.82, 2.24) is 20.3 Å². The van der Waals surface area contributed by atoms with E-state index in [0.29, 0.717) is 6.54 Å². The second-order valence-corrected chi connectivity index (χ2v) is 4.75. The van der Waals surface area contributed by atoms with Gasteiger partial charge >= 0.3 is 5.97 Å². The van der Waals surface area contributed by atoms with Crippen LogP contribution in [0.15, 0.2) is 23.0 Å². The number of hydrogen-bond donors (Lipinski definition) is 1. The van der Waals surface area contributed by atoms with E-state index in [4.69, 9.17) is 9.15 Å². The molecule has 1 aliphatic rings. The van der Waals surface area contributed by atoms with E-state index in [1.807, 2.05) is 6.07 Å². The highest BCUT2D eigenvalue weighted by Gasteiger charge is 2.29. The number of furan rings is 1. The van der Waals surface area contributed by atoms with Crippen LogP contribution < -0.4 is 5.32 Å². The Hall–Kier alpha value is -2.15. The molecule has 1 atom stereocenters. The summed E-state index contributed by atoms with van der Waals surface area (Å²) in [5.74, 6) is -0.452. The number of nitrogens with one attached hydrogen (secondary N) is 1. The number of carbonyl (C=O) groups is 1. The lowest BCUT2D eigenvalue weighted by Gasteiger charge is -2.13. The van der Waals surface area contributed by atoms with Crippen LogP contribution in [0.3, 0.4) is 0 Å². The van der Waals surface area contributed by atoms with E-state index in [1.54, 1.807) is 17.2 Å². The van der Waals surface area contributed by atoms with Gasteiger partial charge in [0.1, 0.15) is 0 Å². The van der Waals surface area contributed by atoms with Gasteiger partial charge in [-0.1, -0.05) is 5.21 Å². The molecule has 0 bridgehead atoms. The third-order valence-electron chi connectivity index (χ3n) is 3.45. The van der Waals surface area contributed by atoms with E-state index in [9.17, 15) is 4.79 Å². The molecule has 0 spiro atoms. The monoisotopic (exact) mass is 276 g/mol. The Bertz CT molecular complexity index is 585. The first-order valence-corrected chi connectivity index (χ1v) is 6.55. The fraction of sp³-hybridized carbons (Fsp3) is 0.462. The fourth-order valence-electron chi connectivity index (χ4n) is 2.50. The summed E-state index contributed by atoms with van der Waals surface area (Å²) in [6, 6.07) is 1.96. The van der Waals surface area contributed by atoms with Crippen LogP contribution in [-0.2, 0) is 11.3 Å². The quantitative estimate of drug-likeness (QED) is 0.843. The summed E-state index contributed by atoms with van der Waals surface area (Å²) in [5, 5.41) is 11.4. The van der Waals surface area contributed by atoms with Gasteiger partial charge in [-0.3, -0.25) is 0 Å². The number of rotatable bonds is 4. The van der Waals surface area contributed by atoms with E-state index in [0.717, 1.165) is 30.6 Å². The highest BCUT2D eigenvalue weighted by atomic mass is 16.5. The Kier molecular flexibility index (Phi) is 3.51. The Balaban J connectivity index is 1.96. The molecule has 2 aromatic rings. The van der Waals surface area contributed by atoms with Crippen molar-refractivity contribution in [3.05, 3.63) is 35.5 Å². The molecule has 1 N–H and O–H groups in total. The molecule has 7 nitrogen and oxygen atoms in total. The molecule has 1 unspecified atom stereocenters. The number of esters is 1. The summed E-state index contributed by atoms with van der Waals surface area (Å²) in [6.07, 6.45) is 5.30. The zero-order chi connectivity index (χ0) is 13.9. The average Bonchev–Trinajstić information content (AvgIpc) is 3.19. The fourth-order valence-corrected chi connectivity index (χ4v) is 2.50. The lowest BCUT2D eigenvalue weighted by atomic mass is 10.1. The van der Waals surface area contributed by atoms with E-state index < -0.39 is 5.97 Å². The minimum atomic E-state index is -0.452. The van der Waals surface area contributed by atoms with Gasteiger partial charge in [-0.05, 0) is 25.5 Å². The SMILES string of the molecule is COC(=O)c1nnn(Cc2ccoc2)c1C1CCCN1. The van der Waals surface area contributed by atoms with Crippen LogP contribution in [0.4, 0.5) is 0 Å². The normalized spacial score (nSPS) is 18.4. The minimum Gasteiger partial charge on any atom is -0.472 e. The first kappa shape index (κ1) is 12.9. The van der Waals surface area contributed by atoms with E-state index in [-0.39, 0.29) is 11.7 Å². The molecule has 1 fully saturated rings. The first-order valence-electron chi connectivity index (χ1n) is 6.55. The second-order valence-electron chi connectivity index (χ2n) is 4.75. The third kappa shape index (κ3) is 2.32. The van der Waals surface area contributed by atoms with Crippen molar-refractivity contribution >= 4 is 5.97 Å². The van der Waals surface area contributed by atoms with Crippen molar-refractivity contribution in [2.75, 3.05) is 13.7 Å². The van der Waals surface area contributed by atoms with Crippen molar-refractivity contribution in [3.8, 4) is 0 Å². The summed E-state index contributed by atoms with van der Waals surface area (Å²) < 4.78 is 11.6. The molecule has 106 valence electrons. The molecule has 0 aromatic carbocycles. The number of ether oxygens (including phenoxy) is 1. The van der Waals surface area contributed by atoms with Crippen LogP contribution in [0.2, 0.25) is 0 Å². The number of aromatic nitrogens is 3. The molecule has 0 amide bonds. The van der Waals surface area contributed by atoms with Crippen LogP contribution in [-0.4, -0.2) is 34.6 Å². The van der Waals surface area contributed by atoms with Crippen LogP contribution in [0, 0.1) is 0 Å². The Labute approximate surface area is 115 Å². The zero-order valence-corrected chi connectivity index (χ0v) is 11.2. The largest absolute Gasteiger partial charge is 0.472 e. The maximum atomic E-state index is 11.8. The first-order chi connectivity index (χ1) is 9.79. The number of nitrogens with zero attached hydrogens (tertiary/aromatic N) is 3.